The Hall–Kier alpha value is -2.34. The number of hydrogen-bond acceptors (Lipinski definition) is 0. The second kappa shape index (κ2) is 13.1. The van der Waals surface area contributed by atoms with Gasteiger partial charge in [-0.05, 0) is 122 Å². The summed E-state index contributed by atoms with van der Waals surface area (Å²) in [6.07, 6.45) is 19.4. The fraction of sp³-hybridized carbons (Fsp3) is 0.526. The second-order valence-electron chi connectivity index (χ2n) is 13.4. The van der Waals surface area contributed by atoms with Gasteiger partial charge in [0.25, 0.3) is 0 Å². The maximum atomic E-state index is 4.43. The molecule has 204 valence electrons. The first kappa shape index (κ1) is 28.7. The van der Waals surface area contributed by atoms with Crippen molar-refractivity contribution in [1.82, 2.24) is 0 Å². The van der Waals surface area contributed by atoms with Crippen LogP contribution in [0, 0.1) is 30.1 Å². The van der Waals surface area contributed by atoms with E-state index in [0.29, 0.717) is 11.3 Å². The van der Waals surface area contributed by atoms with Crippen molar-refractivity contribution in [2.24, 2.45) is 23.2 Å². The van der Waals surface area contributed by atoms with E-state index in [-0.39, 0.29) is 0 Å². The highest BCUT2D eigenvalue weighted by Gasteiger charge is 2.24. The lowest BCUT2D eigenvalue weighted by Crippen LogP contribution is -2.17. The maximum absolute atomic E-state index is 4.43. The zero-order valence-corrected chi connectivity index (χ0v) is 25.0. The molecule has 1 saturated carbocycles. The minimum Gasteiger partial charge on any atom is -0.0949 e. The Morgan fingerprint density at radius 2 is 1.55 bits per heavy atom. The Morgan fingerprint density at radius 1 is 0.921 bits per heavy atom. The standard InChI is InChI=1S/C38H52/c1-7-38(5,6)27-36-13-10-12-35(26-36)25-34-21-19-33(20-22-34)24-32-17-15-31(16-18-32)23-29(3)30(4)37-14-9-8-11-28(37)2/h8-9,11,13-18,26,29,33-34H,4,7,10,12,19-25,27H2,1-3,5-6H3. The first-order chi connectivity index (χ1) is 18.2. The van der Waals surface area contributed by atoms with Crippen LogP contribution in [0.5, 0.6) is 0 Å². The average molecular weight is 509 g/mol. The molecule has 0 nitrogen and oxygen atoms in total. The summed E-state index contributed by atoms with van der Waals surface area (Å²) in [6.45, 7) is 16.1. The van der Waals surface area contributed by atoms with Gasteiger partial charge in [-0.2, -0.15) is 0 Å². The van der Waals surface area contributed by atoms with E-state index in [1.165, 1.54) is 92.0 Å². The van der Waals surface area contributed by atoms with E-state index in [9.17, 15) is 0 Å². The molecular weight excluding hydrogens is 456 g/mol. The Bertz CT molecular complexity index is 1110. The summed E-state index contributed by atoms with van der Waals surface area (Å²) in [4.78, 5) is 0. The predicted octanol–water partition coefficient (Wildman–Crippen LogP) is 11.1. The van der Waals surface area contributed by atoms with Gasteiger partial charge < -0.3 is 0 Å². The monoisotopic (exact) mass is 508 g/mol. The molecule has 2 aromatic carbocycles. The molecule has 1 unspecified atom stereocenters. The molecule has 2 aliphatic rings. The van der Waals surface area contributed by atoms with Gasteiger partial charge in [0.2, 0.25) is 0 Å². The van der Waals surface area contributed by atoms with Crippen LogP contribution in [0.15, 0.2) is 78.4 Å². The van der Waals surface area contributed by atoms with Gasteiger partial charge in [-0.3, -0.25) is 0 Å². The molecule has 0 saturated heterocycles. The minimum absolute atomic E-state index is 0.426. The van der Waals surface area contributed by atoms with E-state index in [1.807, 2.05) is 0 Å². The number of hydrogen-bond donors (Lipinski definition) is 0. The van der Waals surface area contributed by atoms with Gasteiger partial charge in [-0.25, -0.2) is 0 Å². The first-order valence-electron chi connectivity index (χ1n) is 15.4. The predicted molar refractivity (Wildman–Crippen MR) is 167 cm³/mol. The van der Waals surface area contributed by atoms with Gasteiger partial charge in [-0.15, -0.1) is 0 Å². The van der Waals surface area contributed by atoms with Crippen molar-refractivity contribution in [2.75, 3.05) is 0 Å². The molecule has 1 fully saturated rings. The van der Waals surface area contributed by atoms with Crippen LogP contribution in [0.25, 0.3) is 5.57 Å². The molecule has 0 radical (unpaired) electrons. The zero-order valence-electron chi connectivity index (χ0n) is 25.0. The average Bonchev–Trinajstić information content (AvgIpc) is 2.91. The molecule has 0 spiro atoms. The van der Waals surface area contributed by atoms with E-state index >= 15 is 0 Å². The van der Waals surface area contributed by atoms with Crippen molar-refractivity contribution in [1.29, 1.82) is 0 Å². The lowest BCUT2D eigenvalue weighted by atomic mass is 9.75. The summed E-state index contributed by atoms with van der Waals surface area (Å²) in [7, 11) is 0. The summed E-state index contributed by atoms with van der Waals surface area (Å²) in [5.74, 6) is 2.21. The topological polar surface area (TPSA) is 0 Å². The summed E-state index contributed by atoms with van der Waals surface area (Å²) < 4.78 is 0. The molecular formula is C38H52. The van der Waals surface area contributed by atoms with Crippen LogP contribution in [-0.4, -0.2) is 0 Å². The summed E-state index contributed by atoms with van der Waals surface area (Å²) in [5, 5.41) is 0. The van der Waals surface area contributed by atoms with Crippen LogP contribution < -0.4 is 0 Å². The number of aryl methyl sites for hydroxylation is 1. The van der Waals surface area contributed by atoms with Crippen molar-refractivity contribution in [3.05, 3.63) is 101 Å². The molecule has 0 heterocycles. The van der Waals surface area contributed by atoms with Gasteiger partial charge in [0.05, 0.1) is 0 Å². The molecule has 4 rings (SSSR count). The number of benzene rings is 2. The fourth-order valence-electron chi connectivity index (χ4n) is 6.63. The first-order valence-corrected chi connectivity index (χ1v) is 15.4. The summed E-state index contributed by atoms with van der Waals surface area (Å²) in [5.41, 5.74) is 10.6. The Labute approximate surface area is 234 Å². The van der Waals surface area contributed by atoms with Gasteiger partial charge >= 0.3 is 0 Å². The van der Waals surface area contributed by atoms with Crippen LogP contribution in [0.2, 0.25) is 0 Å². The quantitative estimate of drug-likeness (QED) is 0.283. The number of rotatable bonds is 11. The van der Waals surface area contributed by atoms with Crippen LogP contribution >= 0.6 is 0 Å². The molecule has 0 bridgehead atoms. The Kier molecular flexibility index (Phi) is 9.91. The van der Waals surface area contributed by atoms with E-state index in [0.717, 1.165) is 18.3 Å². The molecule has 38 heavy (non-hydrogen) atoms. The molecule has 2 aliphatic carbocycles. The van der Waals surface area contributed by atoms with Crippen molar-refractivity contribution in [3.8, 4) is 0 Å². The second-order valence-corrected chi connectivity index (χ2v) is 13.4. The van der Waals surface area contributed by atoms with E-state index in [4.69, 9.17) is 0 Å². The van der Waals surface area contributed by atoms with Crippen molar-refractivity contribution in [3.63, 3.8) is 0 Å². The van der Waals surface area contributed by atoms with Gasteiger partial charge in [0, 0.05) is 0 Å². The van der Waals surface area contributed by atoms with E-state index < -0.39 is 0 Å². The van der Waals surface area contributed by atoms with Gasteiger partial charge in [-0.1, -0.05) is 113 Å². The minimum atomic E-state index is 0.426. The molecule has 2 aromatic rings. The third-order valence-electron chi connectivity index (χ3n) is 9.59. The molecule has 0 aliphatic heterocycles. The van der Waals surface area contributed by atoms with Crippen LogP contribution in [-0.2, 0) is 12.8 Å². The van der Waals surface area contributed by atoms with Crippen molar-refractivity contribution < 1.29 is 0 Å². The van der Waals surface area contributed by atoms with Crippen LogP contribution in [0.3, 0.4) is 0 Å². The Balaban J connectivity index is 1.22. The molecule has 0 amide bonds. The largest absolute Gasteiger partial charge is 0.0949 e. The molecule has 0 heteroatoms. The van der Waals surface area contributed by atoms with Crippen molar-refractivity contribution in [2.45, 2.75) is 105 Å². The lowest BCUT2D eigenvalue weighted by molar-refractivity contribution is 0.270. The van der Waals surface area contributed by atoms with Gasteiger partial charge in [0.15, 0.2) is 0 Å². The smallest absolute Gasteiger partial charge is 0.0150 e. The third kappa shape index (κ3) is 8.08. The third-order valence-corrected chi connectivity index (χ3v) is 9.59. The Morgan fingerprint density at radius 3 is 2.21 bits per heavy atom. The highest BCUT2D eigenvalue weighted by Crippen LogP contribution is 2.38. The summed E-state index contributed by atoms with van der Waals surface area (Å²) in [6, 6.07) is 18.1. The highest BCUT2D eigenvalue weighted by molar-refractivity contribution is 5.67. The van der Waals surface area contributed by atoms with E-state index in [2.05, 4.69) is 102 Å². The van der Waals surface area contributed by atoms with E-state index in [1.54, 1.807) is 11.1 Å². The SMILES string of the molecule is C=C(c1ccccc1C)C(C)Cc1ccc(CC2CCC(CC3=CC(CC(C)(C)CC)=CCC3)CC2)cc1. The molecule has 0 aromatic heterocycles. The normalized spacial score (nSPS) is 21.0. The highest BCUT2D eigenvalue weighted by atomic mass is 14.3. The molecule has 0 N–H and O–H groups in total. The maximum Gasteiger partial charge on any atom is -0.0150 e. The molecule has 1 atom stereocenters. The van der Waals surface area contributed by atoms with Crippen LogP contribution in [0.4, 0.5) is 0 Å². The zero-order chi connectivity index (χ0) is 27.1. The van der Waals surface area contributed by atoms with Crippen molar-refractivity contribution >= 4 is 5.57 Å². The van der Waals surface area contributed by atoms with Crippen LogP contribution in [0.1, 0.15) is 108 Å². The fourth-order valence-corrected chi connectivity index (χ4v) is 6.63. The van der Waals surface area contributed by atoms with Gasteiger partial charge in [0.1, 0.15) is 0 Å². The lowest BCUT2D eigenvalue weighted by Gasteiger charge is -2.30. The number of allylic oxidation sites excluding steroid dienone is 5. The summed E-state index contributed by atoms with van der Waals surface area (Å²) >= 11 is 0.